The maximum Gasteiger partial charge on any atom is 0.226 e. The van der Waals surface area contributed by atoms with Crippen molar-refractivity contribution in [2.45, 2.75) is 6.54 Å². The van der Waals surface area contributed by atoms with Gasteiger partial charge in [0.1, 0.15) is 0 Å². The summed E-state index contributed by atoms with van der Waals surface area (Å²) in [6.07, 6.45) is 1.69. The number of aliphatic hydroxyl groups is 2. The van der Waals surface area contributed by atoms with Gasteiger partial charge in [0, 0.05) is 26.8 Å². The minimum atomic E-state index is 0.0973. The molecule has 1 fully saturated rings. The van der Waals surface area contributed by atoms with Crippen LogP contribution < -0.4 is 5.32 Å². The monoisotopic (exact) mass is 297 g/mol. The zero-order valence-electron chi connectivity index (χ0n) is 11.0. The number of imidazole rings is 1. The van der Waals surface area contributed by atoms with Gasteiger partial charge in [0.15, 0.2) is 17.0 Å². The van der Waals surface area contributed by atoms with Crippen molar-refractivity contribution in [1.82, 2.24) is 19.5 Å². The van der Waals surface area contributed by atoms with Crippen molar-refractivity contribution in [1.29, 1.82) is 0 Å². The maximum atomic E-state index is 9.25. The third-order valence-electron chi connectivity index (χ3n) is 4.01. The zero-order chi connectivity index (χ0) is 14.3. The minimum Gasteiger partial charge on any atom is -0.396 e. The molecule has 0 radical (unpaired) electrons. The second-order valence-electron chi connectivity index (χ2n) is 5.02. The summed E-state index contributed by atoms with van der Waals surface area (Å²) < 4.78 is 1.90. The third kappa shape index (κ3) is 2.11. The van der Waals surface area contributed by atoms with Gasteiger partial charge < -0.3 is 20.1 Å². The van der Waals surface area contributed by atoms with Gasteiger partial charge >= 0.3 is 0 Å². The van der Waals surface area contributed by atoms with Crippen molar-refractivity contribution in [3.05, 3.63) is 11.6 Å². The fourth-order valence-electron chi connectivity index (χ4n) is 2.79. The van der Waals surface area contributed by atoms with Gasteiger partial charge in [-0.2, -0.15) is 9.97 Å². The van der Waals surface area contributed by atoms with E-state index < -0.39 is 0 Å². The Morgan fingerprint density at radius 2 is 1.95 bits per heavy atom. The van der Waals surface area contributed by atoms with Gasteiger partial charge in [0.05, 0.1) is 6.33 Å². The molecule has 0 amide bonds. The van der Waals surface area contributed by atoms with E-state index in [4.69, 9.17) is 11.6 Å². The quantitative estimate of drug-likeness (QED) is 0.690. The third-order valence-corrected chi connectivity index (χ3v) is 4.18. The number of aromatic nitrogens is 4. The average Bonchev–Trinajstić information content (AvgIpc) is 2.99. The van der Waals surface area contributed by atoms with Crippen LogP contribution in [-0.2, 0) is 6.54 Å². The lowest BCUT2D eigenvalue weighted by Crippen LogP contribution is -2.04. The van der Waals surface area contributed by atoms with Crippen molar-refractivity contribution in [3.63, 3.8) is 0 Å². The van der Waals surface area contributed by atoms with Crippen LogP contribution in [0, 0.1) is 17.8 Å². The number of fused-ring (bicyclic) bond motifs is 1. The van der Waals surface area contributed by atoms with Gasteiger partial charge in [-0.15, -0.1) is 0 Å². The van der Waals surface area contributed by atoms with E-state index in [0.29, 0.717) is 23.5 Å². The van der Waals surface area contributed by atoms with E-state index in [-0.39, 0.29) is 36.3 Å². The molecule has 0 unspecified atom stereocenters. The van der Waals surface area contributed by atoms with Gasteiger partial charge in [0.25, 0.3) is 0 Å². The lowest BCUT2D eigenvalue weighted by atomic mass is 10.3. The first-order chi connectivity index (χ1) is 9.69. The molecule has 2 aromatic heterocycles. The zero-order valence-corrected chi connectivity index (χ0v) is 11.7. The number of hydrogen-bond acceptors (Lipinski definition) is 6. The summed E-state index contributed by atoms with van der Waals surface area (Å²) in [6.45, 7) is 0.851. The van der Waals surface area contributed by atoms with Crippen LogP contribution >= 0.6 is 11.6 Å². The normalized spacial score (nSPS) is 25.1. The van der Waals surface area contributed by atoms with Crippen LogP contribution in [0.4, 0.5) is 5.82 Å². The first-order valence-corrected chi connectivity index (χ1v) is 6.85. The molecule has 2 heterocycles. The van der Waals surface area contributed by atoms with Crippen LogP contribution in [0.15, 0.2) is 6.33 Å². The first kappa shape index (κ1) is 13.5. The Morgan fingerprint density at radius 1 is 1.25 bits per heavy atom. The molecule has 2 aromatic rings. The fourth-order valence-corrected chi connectivity index (χ4v) is 2.95. The van der Waals surface area contributed by atoms with Crippen molar-refractivity contribution in [2.75, 3.05) is 25.6 Å². The molecular formula is C12H16ClN5O2. The number of rotatable bonds is 5. The molecule has 0 aliphatic heterocycles. The van der Waals surface area contributed by atoms with Gasteiger partial charge in [-0.3, -0.25) is 0 Å². The second kappa shape index (κ2) is 5.16. The molecule has 108 valence electrons. The highest BCUT2D eigenvalue weighted by Crippen LogP contribution is 2.46. The molecule has 20 heavy (non-hydrogen) atoms. The van der Waals surface area contributed by atoms with E-state index in [2.05, 4.69) is 20.3 Å². The Hall–Kier alpha value is -1.44. The Balaban J connectivity index is 1.91. The number of anilines is 1. The molecule has 3 N–H and O–H groups in total. The first-order valence-electron chi connectivity index (χ1n) is 6.47. The molecule has 2 atom stereocenters. The van der Waals surface area contributed by atoms with Gasteiger partial charge in [-0.25, -0.2) is 4.98 Å². The van der Waals surface area contributed by atoms with Crippen LogP contribution in [0.5, 0.6) is 0 Å². The molecule has 1 aliphatic rings. The largest absolute Gasteiger partial charge is 0.396 e. The molecule has 3 rings (SSSR count). The Bertz CT molecular complexity index is 622. The SMILES string of the molecule is CNc1nc(Cl)nc2c1ncn2CC1[C@H](CO)[C@H]1CO. The van der Waals surface area contributed by atoms with Crippen LogP contribution in [0.2, 0.25) is 5.28 Å². The van der Waals surface area contributed by atoms with Crippen molar-refractivity contribution >= 4 is 28.6 Å². The second-order valence-corrected chi connectivity index (χ2v) is 5.36. The highest BCUT2D eigenvalue weighted by Gasteiger charge is 2.49. The Labute approximate surface area is 120 Å². The van der Waals surface area contributed by atoms with Crippen LogP contribution in [-0.4, -0.2) is 50.0 Å². The molecule has 1 aliphatic carbocycles. The van der Waals surface area contributed by atoms with Gasteiger partial charge in [-0.05, 0) is 29.4 Å². The maximum absolute atomic E-state index is 9.25. The summed E-state index contributed by atoms with van der Waals surface area (Å²) in [7, 11) is 1.75. The number of nitrogens with zero attached hydrogens (tertiary/aromatic N) is 4. The van der Waals surface area contributed by atoms with Gasteiger partial charge in [0.2, 0.25) is 5.28 Å². The molecule has 7 nitrogen and oxygen atoms in total. The average molecular weight is 298 g/mol. The van der Waals surface area contributed by atoms with Crippen LogP contribution in [0.1, 0.15) is 0 Å². The number of nitrogens with one attached hydrogen (secondary N) is 1. The number of hydrogen-bond donors (Lipinski definition) is 3. The highest BCUT2D eigenvalue weighted by molar-refractivity contribution is 6.28. The highest BCUT2D eigenvalue weighted by atomic mass is 35.5. The molecule has 8 heteroatoms. The van der Waals surface area contributed by atoms with Crippen LogP contribution in [0.25, 0.3) is 11.2 Å². The number of halogens is 1. The van der Waals surface area contributed by atoms with E-state index in [1.807, 2.05) is 4.57 Å². The van der Waals surface area contributed by atoms with Crippen molar-refractivity contribution in [3.8, 4) is 0 Å². The van der Waals surface area contributed by atoms with E-state index in [1.54, 1.807) is 13.4 Å². The standard InChI is InChI=1S/C12H16ClN5O2/c1-14-10-9-11(17-12(13)16-10)18(5-15-9)2-6-7(3-19)8(6)4-20/h5-8,19-20H,2-4H2,1H3,(H,14,16,17)/t7-,8-/m0/s1. The fraction of sp³-hybridized carbons (Fsp3) is 0.583. The summed E-state index contributed by atoms with van der Waals surface area (Å²) in [4.78, 5) is 12.6. The molecular weight excluding hydrogens is 282 g/mol. The molecule has 0 aromatic carbocycles. The van der Waals surface area contributed by atoms with Gasteiger partial charge in [-0.1, -0.05) is 0 Å². The molecule has 0 bridgehead atoms. The Morgan fingerprint density at radius 3 is 2.55 bits per heavy atom. The van der Waals surface area contributed by atoms with Crippen LogP contribution in [0.3, 0.4) is 0 Å². The summed E-state index contributed by atoms with van der Waals surface area (Å²) in [5.74, 6) is 1.14. The predicted molar refractivity (Wildman–Crippen MR) is 74.5 cm³/mol. The smallest absolute Gasteiger partial charge is 0.226 e. The lowest BCUT2D eigenvalue weighted by molar-refractivity contribution is 0.232. The molecule has 1 saturated carbocycles. The van der Waals surface area contributed by atoms with E-state index in [0.717, 1.165) is 0 Å². The lowest BCUT2D eigenvalue weighted by Gasteiger charge is -2.05. The minimum absolute atomic E-state index is 0.0973. The van der Waals surface area contributed by atoms with E-state index in [9.17, 15) is 10.2 Å². The topological polar surface area (TPSA) is 96.1 Å². The summed E-state index contributed by atoms with van der Waals surface area (Å²) in [6, 6.07) is 0. The molecule has 0 saturated heterocycles. The summed E-state index contributed by atoms with van der Waals surface area (Å²) >= 11 is 5.91. The van der Waals surface area contributed by atoms with E-state index >= 15 is 0 Å². The summed E-state index contributed by atoms with van der Waals surface area (Å²) in [5.41, 5.74) is 1.33. The summed E-state index contributed by atoms with van der Waals surface area (Å²) in [5, 5.41) is 21.6. The Kier molecular flexibility index (Phi) is 3.49. The van der Waals surface area contributed by atoms with E-state index in [1.165, 1.54) is 0 Å². The number of aliphatic hydroxyl groups excluding tert-OH is 2. The predicted octanol–water partition coefficient (Wildman–Crippen LogP) is 0.368. The molecule has 0 spiro atoms. The van der Waals surface area contributed by atoms with Crippen molar-refractivity contribution in [2.24, 2.45) is 17.8 Å². The van der Waals surface area contributed by atoms with Crippen molar-refractivity contribution < 1.29 is 10.2 Å².